The minimum Gasteiger partial charge on any atom is -0.480 e. The molecular formula is C15H19IN2O3. The molecule has 1 aliphatic rings. The number of hydrogen-bond donors (Lipinski definition) is 3. The topological polar surface area (TPSA) is 78.4 Å². The second-order valence-electron chi connectivity index (χ2n) is 5.63. The van der Waals surface area contributed by atoms with Crippen LogP contribution in [-0.2, 0) is 4.79 Å². The molecule has 0 aliphatic heterocycles. The largest absolute Gasteiger partial charge is 0.480 e. The van der Waals surface area contributed by atoms with Gasteiger partial charge >= 0.3 is 12.0 Å². The third-order valence-electron chi connectivity index (χ3n) is 4.01. The highest BCUT2D eigenvalue weighted by atomic mass is 127. The molecule has 0 saturated heterocycles. The number of rotatable bonds is 3. The van der Waals surface area contributed by atoms with Crippen molar-refractivity contribution in [2.75, 3.05) is 5.32 Å². The molecule has 1 saturated carbocycles. The van der Waals surface area contributed by atoms with Crippen LogP contribution in [0.5, 0.6) is 0 Å². The number of carboxylic acid groups (broad SMARTS) is 1. The van der Waals surface area contributed by atoms with Crippen LogP contribution in [0.15, 0.2) is 24.3 Å². The SMILES string of the molecule is CC1CCC(NC(=O)Nc2ccccc2I)(C(=O)O)CC1. The summed E-state index contributed by atoms with van der Waals surface area (Å²) in [5, 5.41) is 14.9. The number of para-hydroxylation sites is 1. The first-order chi connectivity index (χ1) is 9.93. The zero-order valence-electron chi connectivity index (χ0n) is 11.9. The van der Waals surface area contributed by atoms with Crippen LogP contribution in [0.4, 0.5) is 10.5 Å². The van der Waals surface area contributed by atoms with Crippen molar-refractivity contribution in [2.45, 2.75) is 38.1 Å². The first-order valence-electron chi connectivity index (χ1n) is 7.00. The van der Waals surface area contributed by atoms with Gasteiger partial charge in [0.1, 0.15) is 5.54 Å². The fourth-order valence-corrected chi connectivity index (χ4v) is 3.10. The molecule has 1 aliphatic carbocycles. The van der Waals surface area contributed by atoms with E-state index in [1.54, 1.807) is 6.07 Å². The minimum absolute atomic E-state index is 0.462. The first-order valence-corrected chi connectivity index (χ1v) is 8.08. The molecule has 0 spiro atoms. The molecule has 0 atom stereocenters. The Bertz CT molecular complexity index is 539. The number of nitrogens with one attached hydrogen (secondary N) is 2. The van der Waals surface area contributed by atoms with E-state index in [4.69, 9.17) is 0 Å². The summed E-state index contributed by atoms with van der Waals surface area (Å²) in [5.41, 5.74) is -0.461. The highest BCUT2D eigenvalue weighted by Crippen LogP contribution is 2.32. The van der Waals surface area contributed by atoms with Gasteiger partial charge in [-0.15, -0.1) is 0 Å². The summed E-state index contributed by atoms with van der Waals surface area (Å²) in [7, 11) is 0. The minimum atomic E-state index is -1.14. The summed E-state index contributed by atoms with van der Waals surface area (Å²) in [6.07, 6.45) is 2.58. The molecule has 0 bridgehead atoms. The lowest BCUT2D eigenvalue weighted by atomic mass is 9.77. The zero-order valence-corrected chi connectivity index (χ0v) is 14.0. The Morgan fingerprint density at radius 1 is 1.29 bits per heavy atom. The summed E-state index contributed by atoms with van der Waals surface area (Å²) in [4.78, 5) is 23.7. The summed E-state index contributed by atoms with van der Waals surface area (Å²) in [5.74, 6) is -0.440. The Morgan fingerprint density at radius 3 is 2.48 bits per heavy atom. The summed E-state index contributed by atoms with van der Waals surface area (Å²) >= 11 is 2.13. The molecule has 1 aromatic rings. The molecule has 2 rings (SSSR count). The molecule has 21 heavy (non-hydrogen) atoms. The average Bonchev–Trinajstić information content (AvgIpc) is 2.44. The van der Waals surface area contributed by atoms with Crippen molar-refractivity contribution in [1.82, 2.24) is 5.32 Å². The standard InChI is InChI=1S/C15H19IN2O3/c1-10-6-8-15(9-7-10,13(19)20)18-14(21)17-12-5-3-2-4-11(12)16/h2-5,10H,6-9H2,1H3,(H,19,20)(H2,17,18,21). The number of anilines is 1. The van der Waals surface area contributed by atoms with E-state index >= 15 is 0 Å². The first kappa shape index (κ1) is 16.1. The van der Waals surface area contributed by atoms with Gasteiger partial charge < -0.3 is 15.7 Å². The van der Waals surface area contributed by atoms with Crippen molar-refractivity contribution in [3.8, 4) is 0 Å². The summed E-state index contributed by atoms with van der Waals surface area (Å²) in [6.45, 7) is 2.11. The zero-order chi connectivity index (χ0) is 15.5. The van der Waals surface area contributed by atoms with Gasteiger partial charge in [0, 0.05) is 3.57 Å². The maximum Gasteiger partial charge on any atom is 0.329 e. The van der Waals surface area contributed by atoms with E-state index in [9.17, 15) is 14.7 Å². The van der Waals surface area contributed by atoms with Crippen molar-refractivity contribution in [1.29, 1.82) is 0 Å². The van der Waals surface area contributed by atoms with Crippen LogP contribution in [0.1, 0.15) is 32.6 Å². The monoisotopic (exact) mass is 402 g/mol. The van der Waals surface area contributed by atoms with Gasteiger partial charge in [0.2, 0.25) is 0 Å². The third-order valence-corrected chi connectivity index (χ3v) is 4.95. The van der Waals surface area contributed by atoms with Crippen molar-refractivity contribution in [3.63, 3.8) is 0 Å². The van der Waals surface area contributed by atoms with Gasteiger partial charge in [-0.1, -0.05) is 19.1 Å². The predicted octanol–water partition coefficient (Wildman–Crippen LogP) is 3.45. The number of carbonyl (C=O) groups excluding carboxylic acids is 1. The van der Waals surface area contributed by atoms with Gasteiger partial charge in [-0.05, 0) is 66.3 Å². The number of amides is 2. The molecule has 114 valence electrons. The number of benzene rings is 1. The Balaban J connectivity index is 2.06. The average molecular weight is 402 g/mol. The number of halogens is 1. The highest BCUT2D eigenvalue weighted by Gasteiger charge is 2.42. The lowest BCUT2D eigenvalue weighted by molar-refractivity contribution is -0.146. The van der Waals surface area contributed by atoms with Gasteiger partial charge in [0.15, 0.2) is 0 Å². The number of carboxylic acids is 1. The van der Waals surface area contributed by atoms with Crippen LogP contribution in [0.3, 0.4) is 0 Å². The number of carbonyl (C=O) groups is 2. The molecule has 0 heterocycles. The molecule has 6 heteroatoms. The lowest BCUT2D eigenvalue weighted by Gasteiger charge is -2.36. The Hall–Kier alpha value is -1.31. The van der Waals surface area contributed by atoms with Gasteiger partial charge in [-0.3, -0.25) is 0 Å². The van der Waals surface area contributed by atoms with Crippen LogP contribution >= 0.6 is 22.6 Å². The molecule has 1 fully saturated rings. The van der Waals surface area contributed by atoms with E-state index in [1.165, 1.54) is 0 Å². The second-order valence-corrected chi connectivity index (χ2v) is 6.79. The molecule has 1 aromatic carbocycles. The van der Waals surface area contributed by atoms with E-state index in [2.05, 4.69) is 40.1 Å². The number of hydrogen-bond acceptors (Lipinski definition) is 2. The highest BCUT2D eigenvalue weighted by molar-refractivity contribution is 14.1. The van der Waals surface area contributed by atoms with E-state index in [0.717, 1.165) is 16.4 Å². The van der Waals surface area contributed by atoms with Gasteiger partial charge in [0.25, 0.3) is 0 Å². The molecule has 5 nitrogen and oxygen atoms in total. The van der Waals surface area contributed by atoms with Gasteiger partial charge in [-0.25, -0.2) is 9.59 Å². The second kappa shape index (κ2) is 6.64. The van der Waals surface area contributed by atoms with Crippen molar-refractivity contribution < 1.29 is 14.7 Å². The van der Waals surface area contributed by atoms with Gasteiger partial charge in [-0.2, -0.15) is 0 Å². The van der Waals surface area contributed by atoms with E-state index < -0.39 is 17.5 Å². The smallest absolute Gasteiger partial charge is 0.329 e. The summed E-state index contributed by atoms with van der Waals surface area (Å²) in [6, 6.07) is 6.92. The van der Waals surface area contributed by atoms with Crippen LogP contribution in [0.2, 0.25) is 0 Å². The Kier molecular flexibility index (Phi) is 5.08. The van der Waals surface area contributed by atoms with E-state index in [0.29, 0.717) is 24.4 Å². The molecule has 2 amide bonds. The normalized spacial score (nSPS) is 25.1. The van der Waals surface area contributed by atoms with E-state index in [-0.39, 0.29) is 0 Å². The van der Waals surface area contributed by atoms with Crippen LogP contribution in [-0.4, -0.2) is 22.6 Å². The lowest BCUT2D eigenvalue weighted by Crippen LogP contribution is -2.57. The Labute approximate surface area is 137 Å². The maximum absolute atomic E-state index is 12.1. The quantitative estimate of drug-likeness (QED) is 0.678. The molecule has 0 unspecified atom stereocenters. The van der Waals surface area contributed by atoms with Crippen molar-refractivity contribution >= 4 is 40.3 Å². The fraction of sp³-hybridized carbons (Fsp3) is 0.467. The maximum atomic E-state index is 12.1. The fourth-order valence-electron chi connectivity index (χ4n) is 2.58. The van der Waals surface area contributed by atoms with Gasteiger partial charge in [0.05, 0.1) is 5.69 Å². The summed E-state index contributed by atoms with van der Waals surface area (Å²) < 4.78 is 0.909. The predicted molar refractivity (Wildman–Crippen MR) is 89.3 cm³/mol. The third kappa shape index (κ3) is 3.87. The van der Waals surface area contributed by atoms with Crippen LogP contribution in [0, 0.1) is 9.49 Å². The van der Waals surface area contributed by atoms with Crippen molar-refractivity contribution in [3.05, 3.63) is 27.8 Å². The molecule has 0 radical (unpaired) electrons. The molecular weight excluding hydrogens is 383 g/mol. The van der Waals surface area contributed by atoms with E-state index in [1.807, 2.05) is 18.2 Å². The molecule has 3 N–H and O–H groups in total. The number of urea groups is 1. The Morgan fingerprint density at radius 2 is 1.90 bits per heavy atom. The van der Waals surface area contributed by atoms with Crippen molar-refractivity contribution in [2.24, 2.45) is 5.92 Å². The molecule has 0 aromatic heterocycles. The van der Waals surface area contributed by atoms with Crippen LogP contribution < -0.4 is 10.6 Å². The number of aliphatic carboxylic acids is 1. The van der Waals surface area contributed by atoms with Crippen LogP contribution in [0.25, 0.3) is 0 Å².